The van der Waals surface area contributed by atoms with Gasteiger partial charge in [0.1, 0.15) is 0 Å². The third kappa shape index (κ3) is 2.21. The normalized spacial score (nSPS) is 11.4. The van der Waals surface area contributed by atoms with Crippen LogP contribution in [-0.4, -0.2) is 17.8 Å². The van der Waals surface area contributed by atoms with Gasteiger partial charge < -0.3 is 4.90 Å². The molecule has 0 aliphatic heterocycles. The summed E-state index contributed by atoms with van der Waals surface area (Å²) in [5, 5.41) is 7.46. The van der Waals surface area contributed by atoms with Crippen LogP contribution in [0, 0.1) is 5.41 Å². The van der Waals surface area contributed by atoms with Crippen LogP contribution in [0.4, 0.5) is 0 Å². The van der Waals surface area contributed by atoms with Gasteiger partial charge in [-0.1, -0.05) is 13.0 Å². The number of rotatable bonds is 2. The van der Waals surface area contributed by atoms with E-state index in [2.05, 4.69) is 0 Å². The van der Waals surface area contributed by atoms with Gasteiger partial charge in [0.25, 0.3) is 0 Å². The monoisotopic (exact) mass is 140 g/mol. The van der Waals surface area contributed by atoms with Crippen molar-refractivity contribution in [2.45, 2.75) is 27.2 Å². The summed E-state index contributed by atoms with van der Waals surface area (Å²) in [6, 6.07) is 0. The summed E-state index contributed by atoms with van der Waals surface area (Å²) < 4.78 is 0. The first-order valence-electron chi connectivity index (χ1n) is 3.57. The Morgan fingerprint density at radius 3 is 2.40 bits per heavy atom. The van der Waals surface area contributed by atoms with E-state index in [1.807, 2.05) is 38.8 Å². The number of nitrogens with zero attached hydrogens (tertiary/aromatic N) is 1. The van der Waals surface area contributed by atoms with E-state index in [0.717, 1.165) is 12.1 Å². The van der Waals surface area contributed by atoms with Crippen LogP contribution in [0.25, 0.3) is 0 Å². The maximum Gasteiger partial charge on any atom is 0.0994 e. The van der Waals surface area contributed by atoms with E-state index in [9.17, 15) is 0 Å². The minimum absolute atomic E-state index is 0.663. The molecule has 0 rings (SSSR count). The lowest BCUT2D eigenvalue weighted by Gasteiger charge is -2.18. The second kappa shape index (κ2) is 4.09. The molecule has 0 atom stereocenters. The molecule has 0 spiro atoms. The van der Waals surface area contributed by atoms with Crippen LogP contribution >= 0.6 is 0 Å². The van der Waals surface area contributed by atoms with E-state index in [-0.39, 0.29) is 0 Å². The molecule has 0 unspecified atom stereocenters. The van der Waals surface area contributed by atoms with Crippen molar-refractivity contribution in [1.82, 2.24) is 4.90 Å². The molecule has 0 saturated heterocycles. The molecule has 1 N–H and O–H groups in total. The largest absolute Gasteiger partial charge is 0.338 e. The fourth-order valence-electron chi connectivity index (χ4n) is 0.644. The topological polar surface area (TPSA) is 27.1 Å². The molecule has 0 aromatic rings. The highest BCUT2D eigenvalue weighted by atomic mass is 15.1. The summed E-state index contributed by atoms with van der Waals surface area (Å²) in [7, 11) is 1.92. The minimum Gasteiger partial charge on any atom is -0.338 e. The van der Waals surface area contributed by atoms with Crippen LogP contribution in [0.5, 0.6) is 0 Å². The first kappa shape index (κ1) is 9.21. The molecule has 0 amide bonds. The Bertz CT molecular complexity index is 147. The molecule has 0 aliphatic rings. The third-order valence-corrected chi connectivity index (χ3v) is 1.69. The number of amidine groups is 1. The molecule has 0 heterocycles. The van der Waals surface area contributed by atoms with E-state index in [1.165, 1.54) is 0 Å². The first-order valence-corrected chi connectivity index (χ1v) is 3.57. The van der Waals surface area contributed by atoms with E-state index < -0.39 is 0 Å². The Morgan fingerprint density at radius 2 is 2.10 bits per heavy atom. The van der Waals surface area contributed by atoms with Gasteiger partial charge in [0.05, 0.1) is 5.84 Å². The molecule has 0 saturated carbocycles. The summed E-state index contributed by atoms with van der Waals surface area (Å²) in [5.74, 6) is 0.663. The third-order valence-electron chi connectivity index (χ3n) is 1.69. The van der Waals surface area contributed by atoms with Crippen LogP contribution in [0.15, 0.2) is 11.8 Å². The van der Waals surface area contributed by atoms with Gasteiger partial charge in [0, 0.05) is 19.2 Å². The van der Waals surface area contributed by atoms with Crippen molar-refractivity contribution in [3.05, 3.63) is 11.8 Å². The fourth-order valence-corrected chi connectivity index (χ4v) is 0.644. The van der Waals surface area contributed by atoms with Gasteiger partial charge >= 0.3 is 0 Å². The van der Waals surface area contributed by atoms with Gasteiger partial charge in [-0.25, -0.2) is 0 Å². The maximum atomic E-state index is 7.46. The van der Waals surface area contributed by atoms with Gasteiger partial charge in [-0.05, 0) is 13.8 Å². The summed E-state index contributed by atoms with van der Waals surface area (Å²) in [6.45, 7) is 5.97. The van der Waals surface area contributed by atoms with Crippen molar-refractivity contribution in [3.8, 4) is 0 Å². The molecule has 2 nitrogen and oxygen atoms in total. The standard InChI is InChI=1S/C8H16N2/c1-5-7(3)10(4)8(9)6-2/h5,9H,6H2,1-4H3/b7-5-,9-8?. The van der Waals surface area contributed by atoms with Gasteiger partial charge in [0.2, 0.25) is 0 Å². The predicted octanol–water partition coefficient (Wildman–Crippen LogP) is 2.23. The Balaban J connectivity index is 4.08. The van der Waals surface area contributed by atoms with E-state index >= 15 is 0 Å². The minimum atomic E-state index is 0.663. The average molecular weight is 140 g/mol. The molecule has 0 aromatic heterocycles. The lowest BCUT2D eigenvalue weighted by molar-refractivity contribution is 0.605. The lowest BCUT2D eigenvalue weighted by atomic mass is 10.3. The lowest BCUT2D eigenvalue weighted by Crippen LogP contribution is -2.22. The highest BCUT2D eigenvalue weighted by molar-refractivity contribution is 5.80. The second-order valence-corrected chi connectivity index (χ2v) is 2.29. The molecule has 0 aromatic carbocycles. The Morgan fingerprint density at radius 1 is 1.60 bits per heavy atom. The molecule has 2 heteroatoms. The molecule has 0 aliphatic carbocycles. The number of nitrogens with one attached hydrogen (secondary N) is 1. The summed E-state index contributed by atoms with van der Waals surface area (Å²) in [4.78, 5) is 1.89. The predicted molar refractivity (Wildman–Crippen MR) is 45.2 cm³/mol. The van der Waals surface area contributed by atoms with Crippen molar-refractivity contribution in [3.63, 3.8) is 0 Å². The van der Waals surface area contributed by atoms with E-state index in [1.54, 1.807) is 0 Å². The first-order chi connectivity index (χ1) is 4.63. The zero-order valence-electron chi connectivity index (χ0n) is 7.23. The van der Waals surface area contributed by atoms with Crippen LogP contribution < -0.4 is 0 Å². The van der Waals surface area contributed by atoms with Gasteiger partial charge in [-0.15, -0.1) is 0 Å². The average Bonchev–Trinajstić information content (AvgIpc) is 2.00. The number of hydrogen-bond acceptors (Lipinski definition) is 1. The Hall–Kier alpha value is -0.790. The summed E-state index contributed by atoms with van der Waals surface area (Å²) in [5.41, 5.74) is 1.13. The number of allylic oxidation sites excluding steroid dienone is 2. The van der Waals surface area contributed by atoms with E-state index in [4.69, 9.17) is 5.41 Å². The van der Waals surface area contributed by atoms with E-state index in [0.29, 0.717) is 5.84 Å². The molecule has 0 bridgehead atoms. The molecular weight excluding hydrogens is 124 g/mol. The van der Waals surface area contributed by atoms with Crippen molar-refractivity contribution in [2.75, 3.05) is 7.05 Å². The quantitative estimate of drug-likeness (QED) is 0.462. The Labute approximate surface area is 63.0 Å². The molecule has 0 fully saturated rings. The molecule has 58 valence electrons. The summed E-state index contributed by atoms with van der Waals surface area (Å²) in [6.07, 6.45) is 2.80. The van der Waals surface area contributed by atoms with Crippen LogP contribution in [-0.2, 0) is 0 Å². The van der Waals surface area contributed by atoms with Gasteiger partial charge in [0.15, 0.2) is 0 Å². The smallest absolute Gasteiger partial charge is 0.0994 e. The highest BCUT2D eigenvalue weighted by Crippen LogP contribution is 2.01. The van der Waals surface area contributed by atoms with Crippen LogP contribution in [0.1, 0.15) is 27.2 Å². The van der Waals surface area contributed by atoms with Crippen molar-refractivity contribution >= 4 is 5.84 Å². The Kier molecular flexibility index (Phi) is 3.77. The maximum absolute atomic E-state index is 7.46. The number of hydrogen-bond donors (Lipinski definition) is 1. The van der Waals surface area contributed by atoms with Crippen molar-refractivity contribution in [1.29, 1.82) is 5.41 Å². The SMILES string of the molecule is C/C=C(/C)N(C)C(=N)CC. The second-order valence-electron chi connectivity index (χ2n) is 2.29. The zero-order chi connectivity index (χ0) is 8.15. The van der Waals surface area contributed by atoms with Gasteiger partial charge in [-0.3, -0.25) is 5.41 Å². The molecule has 0 radical (unpaired) electrons. The zero-order valence-corrected chi connectivity index (χ0v) is 7.23. The highest BCUT2D eigenvalue weighted by Gasteiger charge is 2.00. The van der Waals surface area contributed by atoms with Crippen LogP contribution in [0.2, 0.25) is 0 Å². The molecule has 10 heavy (non-hydrogen) atoms. The van der Waals surface area contributed by atoms with Crippen molar-refractivity contribution < 1.29 is 0 Å². The fraction of sp³-hybridized carbons (Fsp3) is 0.625. The van der Waals surface area contributed by atoms with Gasteiger partial charge in [-0.2, -0.15) is 0 Å². The summed E-state index contributed by atoms with van der Waals surface area (Å²) >= 11 is 0. The van der Waals surface area contributed by atoms with Crippen molar-refractivity contribution in [2.24, 2.45) is 0 Å². The van der Waals surface area contributed by atoms with Crippen LogP contribution in [0.3, 0.4) is 0 Å². The molecular formula is C8H16N2.